The topological polar surface area (TPSA) is 95.4 Å². The number of ether oxygens (including phenoxy) is 1. The Hall–Kier alpha value is -2.50. The Morgan fingerprint density at radius 3 is 2.61 bits per heavy atom. The molecule has 178 valence electrons. The fraction of sp³-hybridized carbons (Fsp3) is 0.500. The highest BCUT2D eigenvalue weighted by Gasteiger charge is 2.31. The number of rotatable bonds is 8. The minimum atomic E-state index is -2.97. The Kier molecular flexibility index (Phi) is 6.73. The lowest BCUT2D eigenvalue weighted by atomic mass is 10.1. The normalized spacial score (nSPS) is 17.7. The molecular weight excluding hydrogens is 462 g/mol. The number of hydrogen-bond donors (Lipinski definition) is 0. The second kappa shape index (κ2) is 9.40. The molecule has 0 saturated carbocycles. The molecule has 1 fully saturated rings. The van der Waals surface area contributed by atoms with Crippen LogP contribution in [0.2, 0.25) is 0 Å². The molecule has 2 aromatic heterocycles. The zero-order chi connectivity index (χ0) is 23.8. The van der Waals surface area contributed by atoms with Crippen LogP contribution in [0.15, 0.2) is 28.7 Å². The summed E-state index contributed by atoms with van der Waals surface area (Å²) < 4.78 is 38.2. The molecule has 33 heavy (non-hydrogen) atoms. The Morgan fingerprint density at radius 2 is 1.97 bits per heavy atom. The predicted molar refractivity (Wildman–Crippen MR) is 127 cm³/mol. The van der Waals surface area contributed by atoms with E-state index in [1.807, 2.05) is 49.8 Å². The lowest BCUT2D eigenvalue weighted by molar-refractivity contribution is 0.239. The molecule has 3 aromatic rings. The summed E-state index contributed by atoms with van der Waals surface area (Å²) in [5.41, 5.74) is 4.06. The highest BCUT2D eigenvalue weighted by atomic mass is 32.2. The van der Waals surface area contributed by atoms with E-state index in [4.69, 9.17) is 21.4 Å². The van der Waals surface area contributed by atoms with Crippen LogP contribution in [-0.2, 0) is 29.5 Å². The van der Waals surface area contributed by atoms with Crippen molar-refractivity contribution < 1.29 is 17.6 Å². The van der Waals surface area contributed by atoms with E-state index >= 15 is 0 Å². The third-order valence-electron chi connectivity index (χ3n) is 6.00. The number of sulfone groups is 1. The van der Waals surface area contributed by atoms with Gasteiger partial charge in [-0.15, -0.1) is 5.10 Å². The summed E-state index contributed by atoms with van der Waals surface area (Å²) in [5.74, 6) is 1.75. The maximum Gasteiger partial charge on any atom is 0.288 e. The van der Waals surface area contributed by atoms with E-state index in [0.717, 1.165) is 28.3 Å². The first kappa shape index (κ1) is 23.7. The molecule has 0 aliphatic carbocycles. The van der Waals surface area contributed by atoms with Crippen molar-refractivity contribution in [2.45, 2.75) is 45.9 Å². The molecule has 1 aromatic carbocycles. The van der Waals surface area contributed by atoms with Crippen molar-refractivity contribution in [1.29, 1.82) is 0 Å². The fourth-order valence-corrected chi connectivity index (χ4v) is 6.11. The number of aryl methyl sites for hydroxylation is 1. The third-order valence-corrected chi connectivity index (χ3v) is 8.04. The molecule has 11 heteroatoms. The monoisotopic (exact) mass is 491 g/mol. The van der Waals surface area contributed by atoms with Crippen molar-refractivity contribution in [3.8, 4) is 5.75 Å². The van der Waals surface area contributed by atoms with Crippen molar-refractivity contribution >= 4 is 22.1 Å². The van der Waals surface area contributed by atoms with Crippen LogP contribution in [0.5, 0.6) is 5.75 Å². The van der Waals surface area contributed by atoms with Crippen LogP contribution in [0.3, 0.4) is 0 Å². The Labute approximate surface area is 198 Å². The maximum absolute atomic E-state index is 11.9. The lowest BCUT2D eigenvalue weighted by Crippen LogP contribution is -2.23. The molecule has 9 nitrogen and oxygen atoms in total. The second-order valence-electron chi connectivity index (χ2n) is 8.59. The Bertz CT molecular complexity index is 1290. The van der Waals surface area contributed by atoms with Crippen molar-refractivity contribution in [3.63, 3.8) is 0 Å². The molecule has 1 saturated heterocycles. The van der Waals surface area contributed by atoms with Crippen molar-refractivity contribution in [2.24, 2.45) is 0 Å². The number of aromatic nitrogens is 4. The zero-order valence-corrected chi connectivity index (χ0v) is 20.9. The Morgan fingerprint density at radius 1 is 1.24 bits per heavy atom. The van der Waals surface area contributed by atoms with Crippen LogP contribution in [0.25, 0.3) is 0 Å². The van der Waals surface area contributed by atoms with Crippen LogP contribution in [-0.4, -0.2) is 58.5 Å². The summed E-state index contributed by atoms with van der Waals surface area (Å²) >= 11 is 5.38. The van der Waals surface area contributed by atoms with E-state index in [-0.39, 0.29) is 17.5 Å². The number of methoxy groups -OCH3 is 1. The second-order valence-corrected chi connectivity index (χ2v) is 11.2. The van der Waals surface area contributed by atoms with Gasteiger partial charge in [0.1, 0.15) is 5.75 Å². The first-order chi connectivity index (χ1) is 15.6. The van der Waals surface area contributed by atoms with Gasteiger partial charge in [0.15, 0.2) is 9.84 Å². The third kappa shape index (κ3) is 5.36. The summed E-state index contributed by atoms with van der Waals surface area (Å²) in [6.45, 7) is 5.07. The molecule has 0 N–H and O–H groups in total. The van der Waals surface area contributed by atoms with E-state index in [2.05, 4.69) is 15.1 Å². The van der Waals surface area contributed by atoms with Gasteiger partial charge >= 0.3 is 0 Å². The Balaban J connectivity index is 1.43. The van der Waals surface area contributed by atoms with Gasteiger partial charge in [0.2, 0.25) is 5.89 Å². The van der Waals surface area contributed by atoms with Crippen LogP contribution in [0.1, 0.15) is 40.9 Å². The first-order valence-corrected chi connectivity index (χ1v) is 13.0. The SMILES string of the molecule is COc1ccc(Cc2nn(CN(C)Cc3c(C)nn([C@@H]4CCS(=O)(=O)C4)c3C)c(=S)o2)cc1. The van der Waals surface area contributed by atoms with Gasteiger partial charge in [-0.05, 0) is 57.2 Å². The quantitative estimate of drug-likeness (QED) is 0.444. The van der Waals surface area contributed by atoms with Gasteiger partial charge in [0.25, 0.3) is 4.84 Å². The van der Waals surface area contributed by atoms with Gasteiger partial charge in [0, 0.05) is 17.8 Å². The van der Waals surface area contributed by atoms with E-state index < -0.39 is 9.84 Å². The van der Waals surface area contributed by atoms with Crippen molar-refractivity contribution in [3.05, 3.63) is 57.5 Å². The van der Waals surface area contributed by atoms with Crippen LogP contribution in [0, 0.1) is 18.7 Å². The van der Waals surface area contributed by atoms with Gasteiger partial charge < -0.3 is 9.15 Å². The molecule has 1 aliphatic rings. The molecule has 0 radical (unpaired) electrons. The van der Waals surface area contributed by atoms with Gasteiger partial charge in [-0.2, -0.15) is 5.10 Å². The lowest BCUT2D eigenvalue weighted by Gasteiger charge is -2.17. The van der Waals surface area contributed by atoms with Gasteiger partial charge in [-0.25, -0.2) is 13.1 Å². The van der Waals surface area contributed by atoms with Crippen LogP contribution in [0.4, 0.5) is 0 Å². The largest absolute Gasteiger partial charge is 0.497 e. The maximum atomic E-state index is 11.9. The van der Waals surface area contributed by atoms with E-state index in [1.54, 1.807) is 11.8 Å². The van der Waals surface area contributed by atoms with Gasteiger partial charge in [-0.1, -0.05) is 12.1 Å². The van der Waals surface area contributed by atoms with Gasteiger partial charge in [-0.3, -0.25) is 9.58 Å². The minimum Gasteiger partial charge on any atom is -0.497 e. The zero-order valence-electron chi connectivity index (χ0n) is 19.3. The summed E-state index contributed by atoms with van der Waals surface area (Å²) in [5, 5.41) is 9.20. The summed E-state index contributed by atoms with van der Waals surface area (Å²) in [6, 6.07) is 7.67. The van der Waals surface area contributed by atoms with Crippen LogP contribution < -0.4 is 4.74 Å². The predicted octanol–water partition coefficient (Wildman–Crippen LogP) is 3.07. The number of nitrogens with zero attached hydrogens (tertiary/aromatic N) is 5. The van der Waals surface area contributed by atoms with E-state index in [0.29, 0.717) is 36.8 Å². The van der Waals surface area contributed by atoms with Gasteiger partial charge in [0.05, 0.1) is 43.4 Å². The van der Waals surface area contributed by atoms with E-state index in [1.165, 1.54) is 0 Å². The van der Waals surface area contributed by atoms with Crippen molar-refractivity contribution in [2.75, 3.05) is 25.7 Å². The van der Waals surface area contributed by atoms with E-state index in [9.17, 15) is 8.42 Å². The number of benzene rings is 1. The molecule has 4 rings (SSSR count). The molecule has 0 spiro atoms. The average molecular weight is 492 g/mol. The first-order valence-electron chi connectivity index (χ1n) is 10.8. The van der Waals surface area contributed by atoms with Crippen LogP contribution >= 0.6 is 12.2 Å². The molecule has 0 amide bonds. The highest BCUT2D eigenvalue weighted by Crippen LogP contribution is 2.27. The molecular formula is C22H29N5O4S2. The van der Waals surface area contributed by atoms with Crippen molar-refractivity contribution in [1.82, 2.24) is 24.5 Å². The molecule has 0 unspecified atom stereocenters. The standard InChI is InChI=1S/C22H29N5O4S2/c1-15-20(16(2)27(23-15)18-9-10-33(28,29)13-18)12-25(3)14-26-22(32)31-21(24-26)11-17-5-7-19(30-4)8-6-17/h5-8,18H,9-14H2,1-4H3/t18-/m1/s1. The minimum absolute atomic E-state index is 0.0857. The summed E-state index contributed by atoms with van der Waals surface area (Å²) in [4.78, 5) is 2.41. The summed E-state index contributed by atoms with van der Waals surface area (Å²) in [7, 11) is 0.652. The smallest absolute Gasteiger partial charge is 0.288 e. The highest BCUT2D eigenvalue weighted by molar-refractivity contribution is 7.91. The summed E-state index contributed by atoms with van der Waals surface area (Å²) in [6.07, 6.45) is 1.16. The molecule has 1 aliphatic heterocycles. The molecule has 1 atom stereocenters. The average Bonchev–Trinajstić information content (AvgIpc) is 3.39. The fourth-order valence-electron chi connectivity index (χ4n) is 4.23. The molecule has 0 bridgehead atoms. The number of hydrogen-bond acceptors (Lipinski definition) is 8. The molecule has 3 heterocycles.